The lowest BCUT2D eigenvalue weighted by Crippen LogP contribution is -2.42. The van der Waals surface area contributed by atoms with Gasteiger partial charge in [0.15, 0.2) is 5.69 Å². The summed E-state index contributed by atoms with van der Waals surface area (Å²) in [6.45, 7) is 6.58. The Morgan fingerprint density at radius 3 is 2.94 bits per heavy atom. The second kappa shape index (κ2) is 7.84. The topological polar surface area (TPSA) is 115 Å². The fourth-order valence-electron chi connectivity index (χ4n) is 3.81. The first kappa shape index (κ1) is 19.3. The summed E-state index contributed by atoms with van der Waals surface area (Å²) in [5.74, 6) is 0.679. The summed E-state index contributed by atoms with van der Waals surface area (Å²) in [4.78, 5) is 27.4. The van der Waals surface area contributed by atoms with Crippen molar-refractivity contribution in [2.45, 2.75) is 20.3 Å². The number of nitrogens with zero attached hydrogens (tertiary/aromatic N) is 4. The van der Waals surface area contributed by atoms with E-state index < -0.39 is 0 Å². The fourth-order valence-corrected chi connectivity index (χ4v) is 3.81. The molecule has 0 radical (unpaired) electrons. The highest BCUT2D eigenvalue weighted by atomic mass is 16.1. The van der Waals surface area contributed by atoms with E-state index in [0.717, 1.165) is 65.5 Å². The Bertz CT molecular complexity index is 1250. The average molecular weight is 416 g/mol. The third-order valence-corrected chi connectivity index (χ3v) is 5.68. The normalized spacial score (nSPS) is 14.2. The zero-order valence-corrected chi connectivity index (χ0v) is 17.5. The van der Waals surface area contributed by atoms with E-state index in [0.29, 0.717) is 11.4 Å². The molecule has 1 aliphatic rings. The van der Waals surface area contributed by atoms with Gasteiger partial charge in [-0.1, -0.05) is 6.07 Å². The van der Waals surface area contributed by atoms with Crippen molar-refractivity contribution in [2.75, 3.05) is 30.0 Å². The van der Waals surface area contributed by atoms with Crippen LogP contribution in [-0.4, -0.2) is 50.8 Å². The number of aryl methyl sites for hydroxylation is 1. The van der Waals surface area contributed by atoms with E-state index in [2.05, 4.69) is 35.7 Å². The number of carbonyl (C=O) groups is 1. The molecule has 4 N–H and O–H groups in total. The number of hydrogen-bond acceptors (Lipinski definition) is 6. The maximum absolute atomic E-state index is 12.6. The number of aromatic nitrogens is 5. The van der Waals surface area contributed by atoms with Crippen molar-refractivity contribution >= 4 is 28.4 Å². The van der Waals surface area contributed by atoms with Gasteiger partial charge in [-0.15, -0.1) is 0 Å². The van der Waals surface area contributed by atoms with Crippen molar-refractivity contribution in [3.8, 4) is 11.3 Å². The summed E-state index contributed by atoms with van der Waals surface area (Å²) in [6.07, 6.45) is 4.64. The predicted octanol–water partition coefficient (Wildman–Crippen LogP) is 2.97. The van der Waals surface area contributed by atoms with Crippen LogP contribution in [-0.2, 0) is 0 Å². The van der Waals surface area contributed by atoms with Crippen molar-refractivity contribution in [1.29, 1.82) is 0 Å². The number of fused-ring (bicyclic) bond motifs is 1. The van der Waals surface area contributed by atoms with E-state index in [4.69, 9.17) is 4.98 Å². The monoisotopic (exact) mass is 416 g/mol. The van der Waals surface area contributed by atoms with Gasteiger partial charge in [-0.05, 0) is 45.0 Å². The van der Waals surface area contributed by atoms with Crippen molar-refractivity contribution in [3.63, 3.8) is 0 Å². The molecule has 31 heavy (non-hydrogen) atoms. The molecule has 1 saturated heterocycles. The van der Waals surface area contributed by atoms with Gasteiger partial charge in [0.05, 0.1) is 24.2 Å². The van der Waals surface area contributed by atoms with Crippen LogP contribution in [0.1, 0.15) is 28.2 Å². The molecule has 0 aliphatic carbocycles. The molecule has 5 heterocycles. The van der Waals surface area contributed by atoms with Gasteiger partial charge in [-0.3, -0.25) is 15.2 Å². The molecule has 4 aromatic rings. The minimum atomic E-state index is -0.266. The summed E-state index contributed by atoms with van der Waals surface area (Å²) < 4.78 is 0. The van der Waals surface area contributed by atoms with Crippen LogP contribution < -0.4 is 15.5 Å². The van der Waals surface area contributed by atoms with E-state index in [9.17, 15) is 4.79 Å². The molecule has 1 amide bonds. The standard InChI is InChI=1S/C22H24N8O/c1-13-14(2)28-29-20(13)22(31)26-15-9-16-17(11-25-21(16)24-10-15)18-5-3-6-19(27-18)30-8-4-7-23-12-30/h3,5-6,9-11,23H,4,7-8,12H2,1-2H3,(H,24,25)(H,26,31)(H,28,29). The summed E-state index contributed by atoms with van der Waals surface area (Å²) >= 11 is 0. The Labute approximate surface area is 179 Å². The number of nitrogens with one attached hydrogen (secondary N) is 4. The van der Waals surface area contributed by atoms with Crippen molar-refractivity contribution in [3.05, 3.63) is 53.6 Å². The minimum Gasteiger partial charge on any atom is -0.345 e. The summed E-state index contributed by atoms with van der Waals surface area (Å²) in [5, 5.41) is 14.1. The Morgan fingerprint density at radius 2 is 2.16 bits per heavy atom. The molecule has 0 atom stereocenters. The summed E-state index contributed by atoms with van der Waals surface area (Å²) in [6, 6.07) is 7.96. The van der Waals surface area contributed by atoms with Gasteiger partial charge in [-0.2, -0.15) is 5.10 Å². The molecule has 9 nitrogen and oxygen atoms in total. The first-order valence-electron chi connectivity index (χ1n) is 10.3. The molecule has 0 saturated carbocycles. The highest BCUT2D eigenvalue weighted by Crippen LogP contribution is 2.29. The number of pyridine rings is 2. The number of carbonyl (C=O) groups excluding carboxylic acids is 1. The van der Waals surface area contributed by atoms with Gasteiger partial charge in [0, 0.05) is 34.9 Å². The molecule has 1 aliphatic heterocycles. The Morgan fingerprint density at radius 1 is 1.26 bits per heavy atom. The van der Waals surface area contributed by atoms with Gasteiger partial charge >= 0.3 is 0 Å². The molecule has 4 aromatic heterocycles. The van der Waals surface area contributed by atoms with Crippen LogP contribution >= 0.6 is 0 Å². The Hall–Kier alpha value is -3.72. The first-order chi connectivity index (χ1) is 15.1. The summed E-state index contributed by atoms with van der Waals surface area (Å²) in [7, 11) is 0. The number of rotatable bonds is 4. The second-order valence-electron chi connectivity index (χ2n) is 7.75. The highest BCUT2D eigenvalue weighted by molar-refractivity contribution is 6.05. The summed E-state index contributed by atoms with van der Waals surface area (Å²) in [5.41, 5.74) is 5.25. The van der Waals surface area contributed by atoms with Crippen LogP contribution in [0.15, 0.2) is 36.7 Å². The number of H-pyrrole nitrogens is 2. The molecule has 0 aromatic carbocycles. The van der Waals surface area contributed by atoms with Crippen LogP contribution in [0.5, 0.6) is 0 Å². The van der Waals surface area contributed by atoms with Gasteiger partial charge in [0.2, 0.25) is 0 Å². The van der Waals surface area contributed by atoms with Gasteiger partial charge < -0.3 is 15.2 Å². The van der Waals surface area contributed by atoms with Crippen molar-refractivity contribution in [1.82, 2.24) is 30.5 Å². The second-order valence-corrected chi connectivity index (χ2v) is 7.75. The van der Waals surface area contributed by atoms with E-state index in [1.54, 1.807) is 6.20 Å². The number of anilines is 2. The largest absolute Gasteiger partial charge is 0.345 e. The van der Waals surface area contributed by atoms with E-state index in [1.165, 1.54) is 0 Å². The number of hydrogen-bond donors (Lipinski definition) is 4. The minimum absolute atomic E-state index is 0.266. The third-order valence-electron chi connectivity index (χ3n) is 5.68. The molecule has 0 unspecified atom stereocenters. The number of aromatic amines is 2. The van der Waals surface area contributed by atoms with Gasteiger partial charge in [0.1, 0.15) is 11.5 Å². The third kappa shape index (κ3) is 3.64. The molecule has 158 valence electrons. The van der Waals surface area contributed by atoms with Crippen LogP contribution in [0, 0.1) is 13.8 Å². The number of amides is 1. The van der Waals surface area contributed by atoms with E-state index in [-0.39, 0.29) is 5.91 Å². The van der Waals surface area contributed by atoms with Gasteiger partial charge in [0.25, 0.3) is 5.91 Å². The smallest absolute Gasteiger partial charge is 0.276 e. The lowest BCUT2D eigenvalue weighted by Gasteiger charge is -2.28. The van der Waals surface area contributed by atoms with Crippen LogP contribution in [0.2, 0.25) is 0 Å². The molecule has 0 spiro atoms. The lowest BCUT2D eigenvalue weighted by atomic mass is 10.1. The molecule has 1 fully saturated rings. The Kier molecular flexibility index (Phi) is 4.87. The van der Waals surface area contributed by atoms with Crippen LogP contribution in [0.3, 0.4) is 0 Å². The molecule has 5 rings (SSSR count). The van der Waals surface area contributed by atoms with Crippen molar-refractivity contribution < 1.29 is 4.79 Å². The molecule has 0 bridgehead atoms. The maximum atomic E-state index is 12.6. The average Bonchev–Trinajstić information content (AvgIpc) is 3.37. The Balaban J connectivity index is 1.45. The molecule has 9 heteroatoms. The highest BCUT2D eigenvalue weighted by Gasteiger charge is 2.17. The fraction of sp³-hybridized carbons (Fsp3) is 0.273. The first-order valence-corrected chi connectivity index (χ1v) is 10.3. The zero-order valence-electron chi connectivity index (χ0n) is 17.5. The molecular formula is C22H24N8O. The zero-order chi connectivity index (χ0) is 21.4. The van der Waals surface area contributed by atoms with E-state index in [1.807, 2.05) is 44.3 Å². The van der Waals surface area contributed by atoms with Crippen LogP contribution in [0.25, 0.3) is 22.3 Å². The van der Waals surface area contributed by atoms with Crippen molar-refractivity contribution in [2.24, 2.45) is 0 Å². The van der Waals surface area contributed by atoms with Gasteiger partial charge in [-0.25, -0.2) is 9.97 Å². The maximum Gasteiger partial charge on any atom is 0.276 e. The van der Waals surface area contributed by atoms with E-state index >= 15 is 0 Å². The van der Waals surface area contributed by atoms with Crippen LogP contribution in [0.4, 0.5) is 11.5 Å². The lowest BCUT2D eigenvalue weighted by molar-refractivity contribution is 0.102. The quantitative estimate of drug-likeness (QED) is 0.407. The SMILES string of the molecule is Cc1[nH]nc(C(=O)Nc2cnc3[nH]cc(-c4cccc(N5CCCNC5)n4)c3c2)c1C. The predicted molar refractivity (Wildman–Crippen MR) is 120 cm³/mol. The molecular weight excluding hydrogens is 392 g/mol.